The summed E-state index contributed by atoms with van der Waals surface area (Å²) in [5.41, 5.74) is 1.19. The number of H-pyrrole nitrogens is 1. The van der Waals surface area contributed by atoms with Gasteiger partial charge in [-0.3, -0.25) is 15.2 Å². The Bertz CT molecular complexity index is 799. The van der Waals surface area contributed by atoms with E-state index in [2.05, 4.69) is 15.2 Å². The van der Waals surface area contributed by atoms with Crippen molar-refractivity contribution in [3.63, 3.8) is 0 Å². The van der Waals surface area contributed by atoms with Crippen molar-refractivity contribution in [3.8, 4) is 22.8 Å². The Kier molecular flexibility index (Phi) is 3.15. The molecule has 3 aromatic rings. The van der Waals surface area contributed by atoms with Gasteiger partial charge in [0.15, 0.2) is 11.6 Å². The van der Waals surface area contributed by atoms with Gasteiger partial charge in [-0.2, -0.15) is 5.10 Å². The van der Waals surface area contributed by atoms with Gasteiger partial charge in [-0.05, 0) is 24.3 Å². The van der Waals surface area contributed by atoms with Gasteiger partial charge in [-0.25, -0.2) is 9.37 Å². The SMILES string of the molecule is O=[N+]([O-])c1cccc(-c2n[nH]c(-c3ccc(F)cc3)n2)c1. The minimum Gasteiger partial charge on any atom is -0.259 e. The minimum absolute atomic E-state index is 0.0272. The number of hydrogen-bond donors (Lipinski definition) is 1. The molecule has 0 aliphatic heterocycles. The fraction of sp³-hybridized carbons (Fsp3) is 0. The summed E-state index contributed by atoms with van der Waals surface area (Å²) in [5.74, 6) is 0.478. The smallest absolute Gasteiger partial charge is 0.259 e. The van der Waals surface area contributed by atoms with Gasteiger partial charge in [0.2, 0.25) is 0 Å². The molecule has 104 valence electrons. The maximum absolute atomic E-state index is 12.9. The van der Waals surface area contributed by atoms with Crippen LogP contribution in [-0.4, -0.2) is 20.1 Å². The average molecular weight is 284 g/mol. The molecule has 0 saturated heterocycles. The fourth-order valence-electron chi connectivity index (χ4n) is 1.89. The molecule has 21 heavy (non-hydrogen) atoms. The Morgan fingerprint density at radius 2 is 1.86 bits per heavy atom. The van der Waals surface area contributed by atoms with Crippen molar-refractivity contribution in [1.82, 2.24) is 15.2 Å². The summed E-state index contributed by atoms with van der Waals surface area (Å²) in [5, 5.41) is 17.5. The minimum atomic E-state index is -0.475. The van der Waals surface area contributed by atoms with Crippen LogP contribution in [0.5, 0.6) is 0 Å². The van der Waals surface area contributed by atoms with E-state index in [1.807, 2.05) is 0 Å². The topological polar surface area (TPSA) is 84.7 Å². The summed E-state index contributed by atoms with van der Waals surface area (Å²) in [6, 6.07) is 11.9. The number of nitro benzene ring substituents is 1. The van der Waals surface area contributed by atoms with Crippen LogP contribution in [0.4, 0.5) is 10.1 Å². The zero-order valence-electron chi connectivity index (χ0n) is 10.7. The summed E-state index contributed by atoms with van der Waals surface area (Å²) in [6.45, 7) is 0. The third-order valence-corrected chi connectivity index (χ3v) is 2.92. The lowest BCUT2D eigenvalue weighted by Crippen LogP contribution is -1.88. The highest BCUT2D eigenvalue weighted by Crippen LogP contribution is 2.23. The third kappa shape index (κ3) is 2.62. The highest BCUT2D eigenvalue weighted by molar-refractivity contribution is 5.63. The van der Waals surface area contributed by atoms with Crippen LogP contribution < -0.4 is 0 Å². The second kappa shape index (κ2) is 5.12. The van der Waals surface area contributed by atoms with Crippen LogP contribution >= 0.6 is 0 Å². The Morgan fingerprint density at radius 3 is 2.57 bits per heavy atom. The molecule has 0 amide bonds. The molecule has 1 aromatic heterocycles. The molecule has 1 N–H and O–H groups in total. The monoisotopic (exact) mass is 284 g/mol. The molecule has 0 fully saturated rings. The fourth-order valence-corrected chi connectivity index (χ4v) is 1.89. The van der Waals surface area contributed by atoms with Gasteiger partial charge < -0.3 is 0 Å². The van der Waals surface area contributed by atoms with E-state index in [9.17, 15) is 14.5 Å². The van der Waals surface area contributed by atoms with Crippen LogP contribution in [0.3, 0.4) is 0 Å². The molecule has 0 aliphatic rings. The molecule has 2 aromatic carbocycles. The molecular formula is C14H9FN4O2. The van der Waals surface area contributed by atoms with Crippen molar-refractivity contribution in [2.75, 3.05) is 0 Å². The first-order valence-electron chi connectivity index (χ1n) is 6.06. The van der Waals surface area contributed by atoms with E-state index in [0.29, 0.717) is 22.8 Å². The predicted molar refractivity (Wildman–Crippen MR) is 73.9 cm³/mol. The quantitative estimate of drug-likeness (QED) is 0.591. The van der Waals surface area contributed by atoms with Gasteiger partial charge in [0.25, 0.3) is 5.69 Å². The Hall–Kier alpha value is -3.09. The van der Waals surface area contributed by atoms with Crippen molar-refractivity contribution in [2.24, 2.45) is 0 Å². The van der Waals surface area contributed by atoms with Gasteiger partial charge in [-0.1, -0.05) is 12.1 Å². The number of halogens is 1. The summed E-state index contributed by atoms with van der Waals surface area (Å²) in [6.07, 6.45) is 0. The first kappa shape index (κ1) is 12.9. The van der Waals surface area contributed by atoms with Crippen LogP contribution in [0.1, 0.15) is 0 Å². The van der Waals surface area contributed by atoms with E-state index in [1.54, 1.807) is 24.3 Å². The highest BCUT2D eigenvalue weighted by atomic mass is 19.1. The number of rotatable bonds is 3. The van der Waals surface area contributed by atoms with Crippen molar-refractivity contribution < 1.29 is 9.31 Å². The molecule has 3 rings (SSSR count). The molecule has 0 atom stereocenters. The molecular weight excluding hydrogens is 275 g/mol. The third-order valence-electron chi connectivity index (χ3n) is 2.92. The highest BCUT2D eigenvalue weighted by Gasteiger charge is 2.11. The molecule has 0 unspecified atom stereocenters. The van der Waals surface area contributed by atoms with Crippen molar-refractivity contribution in [3.05, 3.63) is 64.5 Å². The van der Waals surface area contributed by atoms with Gasteiger partial charge in [0.05, 0.1) is 4.92 Å². The normalized spacial score (nSPS) is 10.5. The second-order valence-electron chi connectivity index (χ2n) is 4.32. The largest absolute Gasteiger partial charge is 0.270 e. The standard InChI is InChI=1S/C14H9FN4O2/c15-11-6-4-9(5-7-11)13-16-14(18-17-13)10-2-1-3-12(8-10)19(20)21/h1-8H,(H,16,17,18). The molecule has 0 radical (unpaired) electrons. The van der Waals surface area contributed by atoms with Crippen molar-refractivity contribution in [1.29, 1.82) is 0 Å². The summed E-state index contributed by atoms with van der Waals surface area (Å²) >= 11 is 0. The van der Waals surface area contributed by atoms with E-state index in [-0.39, 0.29) is 11.5 Å². The lowest BCUT2D eigenvalue weighted by molar-refractivity contribution is -0.384. The molecule has 7 heteroatoms. The van der Waals surface area contributed by atoms with Gasteiger partial charge in [0.1, 0.15) is 5.82 Å². The molecule has 0 aliphatic carbocycles. The molecule has 0 bridgehead atoms. The van der Waals surface area contributed by atoms with E-state index < -0.39 is 4.92 Å². The number of nitrogens with zero attached hydrogens (tertiary/aromatic N) is 3. The molecule has 0 saturated carbocycles. The van der Waals surface area contributed by atoms with Crippen molar-refractivity contribution >= 4 is 5.69 Å². The Labute approximate surface area is 118 Å². The van der Waals surface area contributed by atoms with Crippen LogP contribution in [0.15, 0.2) is 48.5 Å². The Balaban J connectivity index is 1.96. The van der Waals surface area contributed by atoms with Crippen LogP contribution in [-0.2, 0) is 0 Å². The first-order valence-corrected chi connectivity index (χ1v) is 6.06. The number of nitro groups is 1. The number of hydrogen-bond acceptors (Lipinski definition) is 4. The number of aromatic nitrogens is 3. The zero-order valence-corrected chi connectivity index (χ0v) is 10.7. The van der Waals surface area contributed by atoms with E-state index in [4.69, 9.17) is 0 Å². The van der Waals surface area contributed by atoms with E-state index >= 15 is 0 Å². The predicted octanol–water partition coefficient (Wildman–Crippen LogP) is 3.19. The summed E-state index contributed by atoms with van der Waals surface area (Å²) < 4.78 is 12.9. The van der Waals surface area contributed by atoms with Crippen LogP contribution in [0.2, 0.25) is 0 Å². The molecule has 1 heterocycles. The van der Waals surface area contributed by atoms with E-state index in [1.165, 1.54) is 24.3 Å². The maximum atomic E-state index is 12.9. The number of non-ortho nitro benzene ring substituents is 1. The summed E-state index contributed by atoms with van der Waals surface area (Å²) in [7, 11) is 0. The second-order valence-corrected chi connectivity index (χ2v) is 4.32. The zero-order chi connectivity index (χ0) is 14.8. The number of benzene rings is 2. The van der Waals surface area contributed by atoms with Crippen LogP contribution in [0, 0.1) is 15.9 Å². The lowest BCUT2D eigenvalue weighted by atomic mass is 10.2. The molecule has 0 spiro atoms. The Morgan fingerprint density at radius 1 is 1.10 bits per heavy atom. The van der Waals surface area contributed by atoms with Crippen LogP contribution in [0.25, 0.3) is 22.8 Å². The first-order chi connectivity index (χ1) is 10.1. The molecule has 6 nitrogen and oxygen atoms in total. The van der Waals surface area contributed by atoms with E-state index in [0.717, 1.165) is 0 Å². The summed E-state index contributed by atoms with van der Waals surface area (Å²) in [4.78, 5) is 14.6. The lowest BCUT2D eigenvalue weighted by Gasteiger charge is -1.96. The number of nitrogens with one attached hydrogen (secondary N) is 1. The average Bonchev–Trinajstić information content (AvgIpc) is 2.98. The van der Waals surface area contributed by atoms with Gasteiger partial charge in [0, 0.05) is 23.3 Å². The number of aromatic amines is 1. The van der Waals surface area contributed by atoms with Gasteiger partial charge >= 0.3 is 0 Å². The van der Waals surface area contributed by atoms with Gasteiger partial charge in [-0.15, -0.1) is 0 Å². The van der Waals surface area contributed by atoms with Crippen molar-refractivity contribution in [2.45, 2.75) is 0 Å². The maximum Gasteiger partial charge on any atom is 0.270 e.